The van der Waals surface area contributed by atoms with Gasteiger partial charge in [0.15, 0.2) is 0 Å². The molecule has 7 radical (unpaired) electrons. The fraction of sp³-hybridized carbons (Fsp3) is 0. The molecule has 0 aliphatic heterocycles. The normalized spacial score (nSPS) is 4.71. The summed E-state index contributed by atoms with van der Waals surface area (Å²) >= 11 is 3.00. The average molecular weight is 166 g/mol. The quantitative estimate of drug-likeness (QED) is 0.378. The first-order valence-corrected chi connectivity index (χ1v) is 1.63. The summed E-state index contributed by atoms with van der Waals surface area (Å²) in [6.07, 6.45) is 1.17. The Morgan fingerprint density at radius 2 is 1.86 bits per heavy atom. The number of hydrogen-bond donors (Lipinski definition) is 0. The van der Waals surface area contributed by atoms with E-state index in [0.29, 0.717) is 0 Å². The standard InChI is InChI=1S/C3H3O.Al.Fe.Si/c1-2-3-4;;;/h2H,1H2;;;. The zero-order valence-electron chi connectivity index (χ0n) is 3.62. The van der Waals surface area contributed by atoms with Crippen LogP contribution >= 0.6 is 0 Å². The number of carbonyl (C=O) groups excluding carboxylic acids is 1. The topological polar surface area (TPSA) is 17.1 Å². The van der Waals surface area contributed by atoms with E-state index in [2.05, 4.69) is 22.6 Å². The summed E-state index contributed by atoms with van der Waals surface area (Å²) in [5.41, 5.74) is 0. The summed E-state index contributed by atoms with van der Waals surface area (Å²) in [6, 6.07) is 0. The van der Waals surface area contributed by atoms with Crippen molar-refractivity contribution in [3.8, 4) is 0 Å². The van der Waals surface area contributed by atoms with Crippen molar-refractivity contribution in [1.82, 2.24) is 0 Å². The van der Waals surface area contributed by atoms with Gasteiger partial charge in [-0.2, -0.15) is 0 Å². The molecule has 0 aromatic carbocycles. The third-order valence-corrected chi connectivity index (χ3v) is 0.381. The van der Waals surface area contributed by atoms with Crippen molar-refractivity contribution in [3.05, 3.63) is 12.7 Å². The fourth-order valence-corrected chi connectivity index (χ4v) is 0. The molecule has 0 saturated carbocycles. The van der Waals surface area contributed by atoms with E-state index in [9.17, 15) is 4.79 Å². The van der Waals surface area contributed by atoms with Gasteiger partial charge in [0.25, 0.3) is 0 Å². The van der Waals surface area contributed by atoms with Gasteiger partial charge in [0.2, 0.25) is 0 Å². The van der Waals surface area contributed by atoms with Gasteiger partial charge in [-0.15, -0.1) is 0 Å². The number of hydrogen-bond acceptors (Lipinski definition) is 1. The first-order valence-electron chi connectivity index (χ1n) is 1.08. The van der Waals surface area contributed by atoms with Crippen LogP contribution in [0.5, 0.6) is 0 Å². The van der Waals surface area contributed by atoms with Crippen LogP contribution < -0.4 is 0 Å². The number of allylic oxidation sites excluding steroid dienone is 1. The van der Waals surface area contributed by atoms with Gasteiger partial charge in [-0.05, 0) is 0 Å². The molecule has 0 aliphatic carbocycles. The summed E-state index contributed by atoms with van der Waals surface area (Å²) in [7, 11) is 0. The average Bonchev–Trinajstić information content (AvgIpc) is 1.38. The fourth-order valence-electron chi connectivity index (χ4n) is 0. The molecule has 0 spiro atoms. The molecular weight excluding hydrogens is 163 g/mol. The van der Waals surface area contributed by atoms with Gasteiger partial charge in [-0.3, -0.25) is 0 Å². The van der Waals surface area contributed by atoms with E-state index in [1.165, 1.54) is 6.08 Å². The molecule has 7 heavy (non-hydrogen) atoms. The Morgan fingerprint density at radius 3 is 1.86 bits per heavy atom. The molecule has 0 saturated heterocycles. The Kier molecular flexibility index (Phi) is 22.0. The third kappa shape index (κ3) is 20.4. The molecule has 0 amide bonds. The molecule has 0 heterocycles. The minimum absolute atomic E-state index is 0. The summed E-state index contributed by atoms with van der Waals surface area (Å²) in [4.78, 5) is 9.58. The smallest absolute Gasteiger partial charge is 0 e. The van der Waals surface area contributed by atoms with Gasteiger partial charge in [0, 0.05) is 28.3 Å². The Labute approximate surface area is 66.5 Å². The van der Waals surface area contributed by atoms with Gasteiger partial charge in [0.1, 0.15) is 0 Å². The molecule has 0 rings (SSSR count). The van der Waals surface area contributed by atoms with Gasteiger partial charge >= 0.3 is 38.1 Å². The van der Waals surface area contributed by atoms with E-state index in [0.717, 1.165) is 0 Å². The second kappa shape index (κ2) is 9.84. The Morgan fingerprint density at radius 1 is 1.71 bits per heavy atom. The van der Waals surface area contributed by atoms with Gasteiger partial charge in [0.05, 0.1) is 0 Å². The summed E-state index contributed by atoms with van der Waals surface area (Å²) in [6.45, 7) is 3.15. The molecule has 0 fully saturated rings. The van der Waals surface area contributed by atoms with Crippen LogP contribution in [0.3, 0.4) is 0 Å². The van der Waals surface area contributed by atoms with Gasteiger partial charge in [-0.1, -0.05) is 0 Å². The second-order valence-corrected chi connectivity index (χ2v) is 1.04. The Hall–Kier alpha value is 0.679. The van der Waals surface area contributed by atoms with Crippen LogP contribution in [0.4, 0.5) is 0 Å². The van der Waals surface area contributed by atoms with Crippen molar-refractivity contribution < 1.29 is 20.8 Å². The van der Waals surface area contributed by atoms with Crippen molar-refractivity contribution in [2.24, 2.45) is 0 Å². The molecule has 0 bridgehead atoms. The summed E-state index contributed by atoms with van der Waals surface area (Å²) in [5, 5.41) is 0. The van der Waals surface area contributed by atoms with Crippen LogP contribution in [-0.4, -0.2) is 33.0 Å². The maximum Gasteiger partial charge on any atom is 0 e. The molecule has 0 aromatic rings. The maximum absolute atomic E-state index is 9.58. The predicted octanol–water partition coefficient (Wildman–Crippen LogP) is -0.516. The third-order valence-electron chi connectivity index (χ3n) is 0.156. The van der Waals surface area contributed by atoms with Crippen LogP contribution in [0.2, 0.25) is 0 Å². The number of carbonyl (C=O) groups is 1. The van der Waals surface area contributed by atoms with E-state index < -0.39 is 0 Å². The van der Waals surface area contributed by atoms with Gasteiger partial charge < -0.3 is 0 Å². The van der Waals surface area contributed by atoms with E-state index in [-0.39, 0.29) is 33.0 Å². The Bertz CT molecular complexity index is 66.0. The molecular formula is C3H3AlFeOSi. The van der Waals surface area contributed by atoms with Crippen LogP contribution in [-0.2, 0) is 20.8 Å². The molecule has 0 aliphatic rings. The molecule has 1 nitrogen and oxygen atoms in total. The Balaban J connectivity index is -0.0000000800. The maximum atomic E-state index is 9.58. The monoisotopic (exact) mass is 166 g/mol. The minimum Gasteiger partial charge on any atom is 0 e. The van der Waals surface area contributed by atoms with Crippen LogP contribution in [0, 0.1) is 0 Å². The summed E-state index contributed by atoms with van der Waals surface area (Å²) < 4.78 is -0.231. The largest absolute Gasteiger partial charge is 0 e. The first kappa shape index (κ1) is 15.6. The van der Waals surface area contributed by atoms with Crippen molar-refractivity contribution in [3.63, 3.8) is 0 Å². The van der Waals surface area contributed by atoms with Crippen molar-refractivity contribution in [1.29, 1.82) is 0 Å². The zero-order valence-corrected chi connectivity index (χ0v) is 6.88. The zero-order chi connectivity index (χ0) is 4.28. The van der Waals surface area contributed by atoms with Crippen molar-refractivity contribution in [2.75, 3.05) is 0 Å². The van der Waals surface area contributed by atoms with Crippen LogP contribution in [0.1, 0.15) is 0 Å². The summed E-state index contributed by atoms with van der Waals surface area (Å²) in [5.74, 6) is 0. The molecule has 36 valence electrons. The number of rotatable bonds is 1. The van der Waals surface area contributed by atoms with Crippen molar-refractivity contribution >= 4 is 33.0 Å². The van der Waals surface area contributed by atoms with E-state index in [1.54, 1.807) is 0 Å². The molecule has 4 heteroatoms. The van der Waals surface area contributed by atoms with E-state index >= 15 is 0 Å². The second-order valence-electron chi connectivity index (χ2n) is 0.496. The molecule has 0 atom stereocenters. The minimum atomic E-state index is -0.231. The van der Waals surface area contributed by atoms with Crippen LogP contribution in [0.25, 0.3) is 0 Å². The van der Waals surface area contributed by atoms with E-state index in [4.69, 9.17) is 0 Å². The van der Waals surface area contributed by atoms with E-state index in [1.807, 2.05) is 0 Å². The predicted molar refractivity (Wildman–Crippen MR) is 26.7 cm³/mol. The molecule has 0 aromatic heterocycles. The molecule has 0 unspecified atom stereocenters. The first-order chi connectivity index (χ1) is 2.27. The SMILES string of the molecule is C=C[C](=O)[Fe].[Al].[Si]. The van der Waals surface area contributed by atoms with Gasteiger partial charge in [-0.25, -0.2) is 0 Å². The van der Waals surface area contributed by atoms with Crippen molar-refractivity contribution in [2.45, 2.75) is 0 Å². The molecule has 0 N–H and O–H groups in total. The van der Waals surface area contributed by atoms with Crippen LogP contribution in [0.15, 0.2) is 12.7 Å².